The lowest BCUT2D eigenvalue weighted by Crippen LogP contribution is -2.46. The smallest absolute Gasteiger partial charge is 0.264 e. The number of rotatable bonds is 21. The predicted octanol–water partition coefficient (Wildman–Crippen LogP) is 8.41. The number of ether oxygens (including phenoxy) is 2. The van der Waals surface area contributed by atoms with E-state index in [0.717, 1.165) is 62.5 Å². The fourth-order valence-electron chi connectivity index (χ4n) is 5.26. The molecule has 1 aliphatic carbocycles. The zero-order chi connectivity index (χ0) is 32.8. The van der Waals surface area contributed by atoms with Crippen molar-refractivity contribution in [3.63, 3.8) is 0 Å². The molecule has 1 unspecified atom stereocenters. The van der Waals surface area contributed by atoms with Gasteiger partial charge < -0.3 is 13.9 Å². The van der Waals surface area contributed by atoms with Crippen LogP contribution in [-0.2, 0) is 34.9 Å². The van der Waals surface area contributed by atoms with Crippen molar-refractivity contribution in [1.29, 1.82) is 0 Å². The zero-order valence-electron chi connectivity index (χ0n) is 28.5. The van der Waals surface area contributed by atoms with Gasteiger partial charge >= 0.3 is 0 Å². The summed E-state index contributed by atoms with van der Waals surface area (Å²) < 4.78 is 48.3. The molecule has 0 bridgehead atoms. The molecule has 0 spiro atoms. The lowest BCUT2D eigenvalue weighted by molar-refractivity contribution is -0.121. The molecule has 0 saturated carbocycles. The highest BCUT2D eigenvalue weighted by Gasteiger charge is 2.43. The van der Waals surface area contributed by atoms with Gasteiger partial charge in [0.2, 0.25) is 0 Å². The largest absolute Gasteiger partial charge is 0.497 e. The maximum atomic E-state index is 13.1. The number of allylic oxidation sites excluding steroid dienone is 4. The van der Waals surface area contributed by atoms with Crippen LogP contribution >= 0.6 is 0 Å². The van der Waals surface area contributed by atoms with Gasteiger partial charge in [-0.05, 0) is 79.9 Å². The minimum absolute atomic E-state index is 0.0178. The molecule has 1 aromatic rings. The highest BCUT2D eigenvalue weighted by molar-refractivity contribution is 7.86. The van der Waals surface area contributed by atoms with Crippen LogP contribution in [-0.4, -0.2) is 54.7 Å². The summed E-state index contributed by atoms with van der Waals surface area (Å²) in [6.07, 6.45) is 15.9. The van der Waals surface area contributed by atoms with Crippen LogP contribution in [0.25, 0.3) is 0 Å². The molecule has 4 atom stereocenters. The Morgan fingerprint density at radius 1 is 1.02 bits per heavy atom. The molecule has 0 radical (unpaired) electrons. The molecule has 0 N–H and O–H groups in total. The molecule has 1 aliphatic rings. The van der Waals surface area contributed by atoms with Crippen molar-refractivity contribution in [2.24, 2.45) is 11.8 Å². The van der Waals surface area contributed by atoms with E-state index in [-0.39, 0.29) is 22.8 Å². The third-order valence-electron chi connectivity index (χ3n) is 8.80. The van der Waals surface area contributed by atoms with Crippen LogP contribution in [0.2, 0.25) is 18.1 Å². The minimum Gasteiger partial charge on any atom is -0.497 e. The molecule has 1 aromatic carbocycles. The Bertz CT molecular complexity index is 1150. The van der Waals surface area contributed by atoms with Crippen LogP contribution < -0.4 is 4.74 Å². The number of ketones is 1. The van der Waals surface area contributed by atoms with Crippen molar-refractivity contribution in [3.05, 3.63) is 54.1 Å². The summed E-state index contributed by atoms with van der Waals surface area (Å²) in [5.74, 6) is 0.121. The minimum atomic E-state index is -3.77. The van der Waals surface area contributed by atoms with Crippen molar-refractivity contribution in [2.45, 2.75) is 122 Å². The van der Waals surface area contributed by atoms with Crippen molar-refractivity contribution in [2.75, 3.05) is 20.0 Å². The van der Waals surface area contributed by atoms with Gasteiger partial charge in [-0.15, -0.1) is 0 Å². The first-order chi connectivity index (χ1) is 20.7. The summed E-state index contributed by atoms with van der Waals surface area (Å²) in [5, 5.41) is 0.0178. The Labute approximate surface area is 269 Å². The topological polar surface area (TPSA) is 88.1 Å². The van der Waals surface area contributed by atoms with Gasteiger partial charge in [0.25, 0.3) is 10.1 Å². The van der Waals surface area contributed by atoms with Gasteiger partial charge in [0.1, 0.15) is 5.75 Å². The van der Waals surface area contributed by atoms with E-state index in [1.54, 1.807) is 13.2 Å². The summed E-state index contributed by atoms with van der Waals surface area (Å²) in [5.41, 5.74) is 1.12. The second-order valence-electron chi connectivity index (χ2n) is 13.6. The Balaban J connectivity index is 1.96. The summed E-state index contributed by atoms with van der Waals surface area (Å²) in [6.45, 7) is 14.5. The second-order valence-corrected chi connectivity index (χ2v) is 20.0. The molecular weight excluding hydrogens is 593 g/mol. The second kappa shape index (κ2) is 18.4. The van der Waals surface area contributed by atoms with Crippen LogP contribution in [0.3, 0.4) is 0 Å². The van der Waals surface area contributed by atoms with Crippen LogP contribution in [0.15, 0.2) is 48.6 Å². The number of unbranched alkanes of at least 4 members (excludes halogenated alkanes) is 4. The van der Waals surface area contributed by atoms with E-state index in [4.69, 9.17) is 18.1 Å². The summed E-state index contributed by atoms with van der Waals surface area (Å²) in [4.78, 5) is 13.1. The lowest BCUT2D eigenvalue weighted by Gasteiger charge is -2.40. The van der Waals surface area contributed by atoms with E-state index in [9.17, 15) is 13.2 Å². The van der Waals surface area contributed by atoms with Crippen molar-refractivity contribution >= 4 is 24.2 Å². The van der Waals surface area contributed by atoms with E-state index in [1.807, 2.05) is 30.3 Å². The molecule has 9 heteroatoms. The SMILES string of the molecule is CCCCC[C@@H](CC(OS(C)(=O)=O)[C@H]1C(=O)C=C[C@@H]1C/C=C\CCCCOCc1ccc(OC)cc1)O[Si](C)(C)C(C)(C)C. The third-order valence-corrected chi connectivity index (χ3v) is 13.9. The van der Waals surface area contributed by atoms with E-state index in [2.05, 4.69) is 52.9 Å². The van der Waals surface area contributed by atoms with Gasteiger partial charge in [0.05, 0.1) is 32.0 Å². The van der Waals surface area contributed by atoms with Crippen LogP contribution in [0.1, 0.15) is 91.0 Å². The molecule has 2 rings (SSSR count). The van der Waals surface area contributed by atoms with Gasteiger partial charge in [-0.2, -0.15) is 8.42 Å². The van der Waals surface area contributed by atoms with Gasteiger partial charge in [-0.25, -0.2) is 0 Å². The van der Waals surface area contributed by atoms with E-state index < -0.39 is 30.5 Å². The number of hydrogen-bond acceptors (Lipinski definition) is 7. The van der Waals surface area contributed by atoms with Crippen LogP contribution in [0.4, 0.5) is 0 Å². The molecular formula is C35H58O7SSi. The number of hydrogen-bond donors (Lipinski definition) is 0. The number of benzene rings is 1. The van der Waals surface area contributed by atoms with Crippen LogP contribution in [0, 0.1) is 11.8 Å². The average molecular weight is 651 g/mol. The molecule has 44 heavy (non-hydrogen) atoms. The van der Waals surface area contributed by atoms with Crippen molar-refractivity contribution in [3.8, 4) is 5.75 Å². The Morgan fingerprint density at radius 3 is 2.34 bits per heavy atom. The third kappa shape index (κ3) is 13.7. The van der Waals surface area contributed by atoms with E-state index in [0.29, 0.717) is 26.1 Å². The zero-order valence-corrected chi connectivity index (χ0v) is 30.3. The molecule has 0 saturated heterocycles. The summed E-state index contributed by atoms with van der Waals surface area (Å²) in [7, 11) is -4.24. The normalized spacial score (nSPS) is 19.1. The molecule has 0 fully saturated rings. The van der Waals surface area contributed by atoms with Gasteiger partial charge in [-0.3, -0.25) is 8.98 Å². The highest BCUT2D eigenvalue weighted by Crippen LogP contribution is 2.40. The Hall–Kier alpha value is -1.78. The molecule has 250 valence electrons. The van der Waals surface area contributed by atoms with Gasteiger partial charge in [-0.1, -0.05) is 77.3 Å². The molecule has 7 nitrogen and oxygen atoms in total. The summed E-state index contributed by atoms with van der Waals surface area (Å²) >= 11 is 0. The molecule has 0 heterocycles. The van der Waals surface area contributed by atoms with Gasteiger partial charge in [0.15, 0.2) is 14.1 Å². The molecule has 0 aliphatic heterocycles. The van der Waals surface area contributed by atoms with Crippen LogP contribution in [0.5, 0.6) is 5.75 Å². The predicted molar refractivity (Wildman–Crippen MR) is 182 cm³/mol. The fraction of sp³-hybridized carbons (Fsp3) is 0.686. The quantitative estimate of drug-likeness (QED) is 0.0571. The first-order valence-corrected chi connectivity index (χ1v) is 21.0. The number of carbonyl (C=O) groups excluding carboxylic acids is 1. The molecule has 0 aromatic heterocycles. The van der Waals surface area contributed by atoms with E-state index >= 15 is 0 Å². The Morgan fingerprint density at radius 2 is 1.73 bits per heavy atom. The highest BCUT2D eigenvalue weighted by atomic mass is 32.2. The first-order valence-electron chi connectivity index (χ1n) is 16.3. The maximum Gasteiger partial charge on any atom is 0.264 e. The summed E-state index contributed by atoms with van der Waals surface area (Å²) in [6, 6.07) is 7.89. The lowest BCUT2D eigenvalue weighted by atomic mass is 9.84. The average Bonchev–Trinajstić information content (AvgIpc) is 3.30. The number of methoxy groups -OCH3 is 1. The van der Waals surface area contributed by atoms with Crippen molar-refractivity contribution < 1.29 is 31.3 Å². The Kier molecular flexibility index (Phi) is 16.0. The van der Waals surface area contributed by atoms with Crippen molar-refractivity contribution in [1.82, 2.24) is 0 Å². The number of carbonyl (C=O) groups is 1. The fourth-order valence-corrected chi connectivity index (χ4v) is 7.31. The molecule has 0 amide bonds. The van der Waals surface area contributed by atoms with E-state index in [1.165, 1.54) is 0 Å². The standard InChI is InChI=1S/C35H58O7SSi/c1-9-10-14-18-31(42-44(7,8)35(2,3)4)26-33(41-43(6,37)38)34-29(21-24-32(34)36)17-15-12-11-13-16-25-40-27-28-19-22-30(39-5)23-20-28/h12,15,19-24,29,31,33-34H,9-11,13-14,16-18,25-27H2,1-8H3/b15-12-/t29-,31-,33?,34+/m0/s1. The first kappa shape index (κ1) is 38.4. The maximum absolute atomic E-state index is 13.1. The van der Waals surface area contributed by atoms with Gasteiger partial charge in [0, 0.05) is 19.1 Å². The monoisotopic (exact) mass is 650 g/mol.